The van der Waals surface area contributed by atoms with Gasteiger partial charge in [-0.2, -0.15) is 0 Å². The van der Waals surface area contributed by atoms with Crippen molar-refractivity contribution in [3.05, 3.63) is 307 Å². The molecular formula is C83H59N7. The first-order valence-electron chi connectivity index (χ1n) is 30.6. The maximum Gasteiger partial charge on any atom is 0.164 e. The van der Waals surface area contributed by atoms with Gasteiger partial charge in [0.25, 0.3) is 0 Å². The Morgan fingerprint density at radius 1 is 0.233 bits per heavy atom. The van der Waals surface area contributed by atoms with Crippen molar-refractivity contribution in [3.8, 4) is 113 Å². The lowest BCUT2D eigenvalue weighted by Crippen LogP contribution is -2.03. The maximum atomic E-state index is 5.94. The van der Waals surface area contributed by atoms with Gasteiger partial charge in [-0.1, -0.05) is 216 Å². The van der Waals surface area contributed by atoms with Crippen LogP contribution in [0.5, 0.6) is 0 Å². The molecule has 7 heteroatoms. The van der Waals surface area contributed by atoms with Crippen molar-refractivity contribution in [1.82, 2.24) is 34.1 Å². The highest BCUT2D eigenvalue weighted by molar-refractivity contribution is 6.11. The number of hydrogen-bond acceptors (Lipinski definition) is 5. The van der Waals surface area contributed by atoms with E-state index in [2.05, 4.69) is 286 Å². The van der Waals surface area contributed by atoms with Crippen LogP contribution >= 0.6 is 0 Å². The van der Waals surface area contributed by atoms with E-state index in [1.165, 1.54) is 54.8 Å². The monoisotopic (exact) mass is 1150 g/mol. The number of fused-ring (bicyclic) bond motifs is 6. The van der Waals surface area contributed by atoms with Crippen molar-refractivity contribution in [2.24, 2.45) is 0 Å². The second-order valence-electron chi connectivity index (χ2n) is 23.6. The lowest BCUT2D eigenvalue weighted by atomic mass is 9.86. The molecule has 0 unspecified atom stereocenters. The third kappa shape index (κ3) is 9.70. The van der Waals surface area contributed by atoms with Crippen LogP contribution in [0.25, 0.3) is 156 Å². The van der Waals surface area contributed by atoms with Gasteiger partial charge in [0, 0.05) is 77.4 Å². The molecule has 7 nitrogen and oxygen atoms in total. The molecular weight excluding hydrogens is 1090 g/mol. The van der Waals surface area contributed by atoms with E-state index in [-0.39, 0.29) is 0 Å². The van der Waals surface area contributed by atoms with Crippen LogP contribution in [0, 0.1) is 27.7 Å². The second-order valence-corrected chi connectivity index (χ2v) is 23.6. The van der Waals surface area contributed by atoms with Gasteiger partial charge < -0.3 is 9.13 Å². The highest BCUT2D eigenvalue weighted by atomic mass is 15.0. The van der Waals surface area contributed by atoms with Crippen LogP contribution in [0.4, 0.5) is 0 Å². The number of pyridine rings is 2. The zero-order chi connectivity index (χ0) is 60.4. The molecule has 5 heterocycles. The van der Waals surface area contributed by atoms with E-state index in [9.17, 15) is 0 Å². The van der Waals surface area contributed by atoms with Crippen molar-refractivity contribution in [1.29, 1.82) is 0 Å². The van der Waals surface area contributed by atoms with E-state index in [0.717, 1.165) is 106 Å². The summed E-state index contributed by atoms with van der Waals surface area (Å²) in [5.41, 5.74) is 25.3. The van der Waals surface area contributed by atoms with E-state index >= 15 is 0 Å². The number of aryl methyl sites for hydroxylation is 4. The minimum absolute atomic E-state index is 0.552. The Labute approximate surface area is 522 Å². The summed E-state index contributed by atoms with van der Waals surface area (Å²) in [4.78, 5) is 27.3. The Hall–Kier alpha value is -11.7. The van der Waals surface area contributed by atoms with E-state index in [4.69, 9.17) is 24.9 Å². The van der Waals surface area contributed by atoms with Gasteiger partial charge in [-0.15, -0.1) is 0 Å². The van der Waals surface area contributed by atoms with Crippen LogP contribution in [-0.2, 0) is 0 Å². The zero-order valence-electron chi connectivity index (χ0n) is 50.3. The third-order valence-electron chi connectivity index (χ3n) is 17.4. The molecule has 0 bridgehead atoms. The van der Waals surface area contributed by atoms with E-state index in [0.29, 0.717) is 17.5 Å². The molecule has 0 aliphatic heterocycles. The molecule has 0 saturated heterocycles. The van der Waals surface area contributed by atoms with Gasteiger partial charge >= 0.3 is 0 Å². The van der Waals surface area contributed by atoms with Crippen LogP contribution in [0.2, 0.25) is 0 Å². The van der Waals surface area contributed by atoms with E-state index in [1.54, 1.807) is 0 Å². The van der Waals surface area contributed by atoms with Crippen molar-refractivity contribution in [2.45, 2.75) is 27.7 Å². The van der Waals surface area contributed by atoms with Crippen LogP contribution in [0.15, 0.2) is 285 Å². The summed E-state index contributed by atoms with van der Waals surface area (Å²) in [7, 11) is 0. The first kappa shape index (κ1) is 53.8. The van der Waals surface area contributed by atoms with Gasteiger partial charge in [-0.3, -0.25) is 0 Å². The minimum Gasteiger partial charge on any atom is -0.309 e. The number of hydrogen-bond donors (Lipinski definition) is 0. The van der Waals surface area contributed by atoms with Crippen LogP contribution in [-0.4, -0.2) is 34.1 Å². The largest absolute Gasteiger partial charge is 0.309 e. The van der Waals surface area contributed by atoms with Gasteiger partial charge in [0.05, 0.1) is 44.8 Å². The molecule has 0 radical (unpaired) electrons. The molecule has 16 aromatic rings. The van der Waals surface area contributed by atoms with Crippen molar-refractivity contribution < 1.29 is 0 Å². The Morgan fingerprint density at radius 2 is 0.578 bits per heavy atom. The molecule has 0 aliphatic carbocycles. The smallest absolute Gasteiger partial charge is 0.164 e. The number of nitrogens with zero attached hydrogens (tertiary/aromatic N) is 7. The lowest BCUT2D eigenvalue weighted by molar-refractivity contribution is 1.07. The topological polar surface area (TPSA) is 74.3 Å². The molecule has 90 heavy (non-hydrogen) atoms. The SMILES string of the molecule is Cc1ccc2c(c1)c1cc(C)ccc1n2-c1ccc(-c2cc(-c3ccccc3-c3nc(-c4ccccc4)nc(-c4ccccc4)n3)c(-c3cc(-c4ccccc4)nc(-c4ccccc4)c3)c(-c3ccc(-n4c5ccc(C)cc5c5cc(C)ccc54)cc3)n2)cc1. The Kier molecular flexibility index (Phi) is 13.3. The Bertz CT molecular complexity index is 5190. The fourth-order valence-corrected chi connectivity index (χ4v) is 13.0. The molecule has 0 saturated carbocycles. The molecule has 11 aromatic carbocycles. The number of aromatic nitrogens is 7. The highest BCUT2D eigenvalue weighted by Gasteiger charge is 2.25. The molecule has 0 aliphatic rings. The predicted molar refractivity (Wildman–Crippen MR) is 372 cm³/mol. The molecule has 426 valence electrons. The van der Waals surface area contributed by atoms with Gasteiger partial charge in [-0.05, 0) is 135 Å². The van der Waals surface area contributed by atoms with Crippen LogP contribution in [0.1, 0.15) is 22.3 Å². The molecule has 0 N–H and O–H groups in total. The van der Waals surface area contributed by atoms with Gasteiger partial charge in [-0.25, -0.2) is 24.9 Å². The standard InChI is InChI=1S/C83H59N7/c1-52-29-41-75-67(45-52)68-46-53(2)30-42-76(68)89(75)63-37-33-58(34-38-63)74-51-71(65-27-17-18-28-66(65)83-87-81(60-23-13-7-14-24-60)86-82(88-83)61-25-15-8-16-26-61)79(62-49-72(56-19-9-5-10-20-56)84-73(50-62)57-21-11-6-12-22-57)80(85-74)59-35-39-64(40-36-59)90-77-43-31-54(3)47-69(77)70-48-55(4)32-44-78(70)90/h5-51H,1-4H3. The molecule has 0 fully saturated rings. The van der Waals surface area contributed by atoms with Crippen molar-refractivity contribution in [2.75, 3.05) is 0 Å². The Morgan fingerprint density at radius 3 is 1.00 bits per heavy atom. The lowest BCUT2D eigenvalue weighted by Gasteiger charge is -2.21. The molecule has 0 spiro atoms. The van der Waals surface area contributed by atoms with E-state index in [1.807, 2.05) is 36.4 Å². The molecule has 0 amide bonds. The van der Waals surface area contributed by atoms with Crippen LogP contribution < -0.4 is 0 Å². The van der Waals surface area contributed by atoms with Crippen molar-refractivity contribution in [3.63, 3.8) is 0 Å². The summed E-state index contributed by atoms with van der Waals surface area (Å²) < 4.78 is 4.78. The maximum absolute atomic E-state index is 5.94. The van der Waals surface area contributed by atoms with Gasteiger partial charge in [0.15, 0.2) is 17.5 Å². The quantitative estimate of drug-likeness (QED) is 0.129. The average molecular weight is 1150 g/mol. The summed E-state index contributed by atoms with van der Waals surface area (Å²) in [5, 5.41) is 4.95. The minimum atomic E-state index is 0.552. The summed E-state index contributed by atoms with van der Waals surface area (Å²) in [6, 6.07) is 102. The average Bonchev–Trinajstić information content (AvgIpc) is 1.55. The fraction of sp³-hybridized carbons (Fsp3) is 0.0482. The summed E-state index contributed by atoms with van der Waals surface area (Å²) >= 11 is 0. The first-order valence-corrected chi connectivity index (χ1v) is 30.6. The zero-order valence-corrected chi connectivity index (χ0v) is 50.3. The fourth-order valence-electron chi connectivity index (χ4n) is 13.0. The molecule has 16 rings (SSSR count). The summed E-state index contributed by atoms with van der Waals surface area (Å²) in [5.74, 6) is 1.72. The van der Waals surface area contributed by atoms with Crippen molar-refractivity contribution >= 4 is 43.6 Å². The van der Waals surface area contributed by atoms with Gasteiger partial charge in [0.1, 0.15) is 0 Å². The molecule has 0 atom stereocenters. The molecule has 5 aromatic heterocycles. The Balaban J connectivity index is 0.978. The third-order valence-corrected chi connectivity index (χ3v) is 17.4. The second kappa shape index (κ2) is 22.2. The normalized spacial score (nSPS) is 11.6. The summed E-state index contributed by atoms with van der Waals surface area (Å²) in [6.07, 6.45) is 0. The number of rotatable bonds is 11. The van der Waals surface area contributed by atoms with E-state index < -0.39 is 0 Å². The first-order chi connectivity index (χ1) is 44.2. The van der Waals surface area contributed by atoms with Crippen LogP contribution in [0.3, 0.4) is 0 Å². The van der Waals surface area contributed by atoms with Gasteiger partial charge in [0.2, 0.25) is 0 Å². The predicted octanol–water partition coefficient (Wildman–Crippen LogP) is 21.1. The number of benzene rings is 11. The summed E-state index contributed by atoms with van der Waals surface area (Å²) in [6.45, 7) is 8.67. The highest BCUT2D eigenvalue weighted by Crippen LogP contribution is 2.47.